The molecule has 0 radical (unpaired) electrons. The number of hydrogen-bond donors (Lipinski definition) is 0. The quantitative estimate of drug-likeness (QED) is 0.191. The summed E-state index contributed by atoms with van der Waals surface area (Å²) >= 11 is 0. The van der Waals surface area contributed by atoms with Crippen molar-refractivity contribution in [3.05, 3.63) is 71.0 Å². The minimum Gasteiger partial charge on any atom is -0.261 e. The summed E-state index contributed by atoms with van der Waals surface area (Å²) in [5, 5.41) is 2.42. The first-order valence-electron chi connectivity index (χ1n) is 19.8. The summed E-state index contributed by atoms with van der Waals surface area (Å²) in [4.78, 5) is 19.5. The summed E-state index contributed by atoms with van der Waals surface area (Å²) in [7, 11) is -0.204. The molecule has 262 valence electrons. The highest BCUT2D eigenvalue weighted by Crippen LogP contribution is 2.80. The Kier molecular flexibility index (Phi) is 8.07. The minimum atomic E-state index is -1.69. The lowest BCUT2D eigenvalue weighted by atomic mass is 9.55. The van der Waals surface area contributed by atoms with Crippen LogP contribution in [0.25, 0.3) is 0 Å². The van der Waals surface area contributed by atoms with Gasteiger partial charge < -0.3 is 0 Å². The van der Waals surface area contributed by atoms with Crippen molar-refractivity contribution in [2.45, 2.75) is 137 Å². The molecule has 9 aliphatic rings. The molecule has 49 heavy (non-hydrogen) atoms. The van der Waals surface area contributed by atoms with Gasteiger partial charge in [-0.25, -0.2) is 0 Å². The second kappa shape index (κ2) is 11.7. The van der Waals surface area contributed by atoms with Crippen molar-refractivity contribution in [3.63, 3.8) is 0 Å². The van der Waals surface area contributed by atoms with Gasteiger partial charge in [-0.3, -0.25) is 19.9 Å². The second-order valence-electron chi connectivity index (χ2n) is 20.4. The second-order valence-corrected chi connectivity index (χ2v) is 34.8. The van der Waals surface area contributed by atoms with Crippen molar-refractivity contribution in [1.82, 2.24) is 19.9 Å². The number of allylic oxidation sites excluding steroid dienone is 4. The molecule has 8 heteroatoms. The summed E-state index contributed by atoms with van der Waals surface area (Å²) in [5.41, 5.74) is 5.90. The first-order chi connectivity index (χ1) is 23.3. The molecule has 2 atom stereocenters. The Balaban J connectivity index is 1.27. The monoisotopic (exact) mass is 726 g/mol. The Morgan fingerprint density at radius 2 is 1.08 bits per heavy atom. The summed E-state index contributed by atoms with van der Waals surface area (Å²) in [6.07, 6.45) is 34.2. The molecule has 9 aliphatic carbocycles. The first kappa shape index (κ1) is 33.7. The van der Waals surface area contributed by atoms with Gasteiger partial charge in [0, 0.05) is 24.8 Å². The average Bonchev–Trinajstić information content (AvgIpc) is 3.44. The van der Waals surface area contributed by atoms with Crippen LogP contribution in [-0.4, -0.2) is 52.6 Å². The molecular formula is C41H60N4P2Si2. The predicted octanol–water partition coefficient (Wildman–Crippen LogP) is 10.6. The van der Waals surface area contributed by atoms with E-state index in [1.165, 1.54) is 11.7 Å². The van der Waals surface area contributed by atoms with E-state index in [2.05, 4.69) is 64.6 Å². The van der Waals surface area contributed by atoms with E-state index in [9.17, 15) is 0 Å². The van der Waals surface area contributed by atoms with Crippen molar-refractivity contribution in [3.8, 4) is 0 Å². The van der Waals surface area contributed by atoms with Crippen LogP contribution in [0.4, 0.5) is 0 Å². The van der Waals surface area contributed by atoms with Crippen LogP contribution in [0, 0.1) is 35.5 Å². The Labute approximate surface area is 302 Å². The molecule has 2 aromatic heterocycles. The van der Waals surface area contributed by atoms with E-state index in [0.717, 1.165) is 46.9 Å². The van der Waals surface area contributed by atoms with Gasteiger partial charge in [-0.15, -0.1) is 9.24 Å². The molecule has 0 aliphatic heterocycles. The topological polar surface area (TPSA) is 51.6 Å². The van der Waals surface area contributed by atoms with Crippen molar-refractivity contribution in [1.29, 1.82) is 0 Å². The zero-order valence-electron chi connectivity index (χ0n) is 31.1. The van der Waals surface area contributed by atoms with E-state index in [0.29, 0.717) is 15.9 Å². The van der Waals surface area contributed by atoms with E-state index in [1.54, 1.807) is 82.2 Å². The van der Waals surface area contributed by atoms with Gasteiger partial charge in [-0.1, -0.05) is 64.0 Å². The van der Waals surface area contributed by atoms with E-state index in [-0.39, 0.29) is 7.92 Å². The average molecular weight is 727 g/mol. The van der Waals surface area contributed by atoms with E-state index in [1.807, 2.05) is 42.8 Å². The lowest BCUT2D eigenvalue weighted by Crippen LogP contribution is -2.57. The van der Waals surface area contributed by atoms with Crippen LogP contribution >= 0.6 is 17.2 Å². The molecule has 0 saturated heterocycles. The third-order valence-electron chi connectivity index (χ3n) is 14.9. The van der Waals surface area contributed by atoms with Gasteiger partial charge in [0.1, 0.15) is 0 Å². The molecule has 11 rings (SSSR count). The maximum atomic E-state index is 5.08. The molecule has 0 aromatic carbocycles. The van der Waals surface area contributed by atoms with Crippen LogP contribution in [0.15, 0.2) is 59.6 Å². The van der Waals surface area contributed by atoms with E-state index >= 15 is 0 Å². The normalized spacial score (nSPS) is 38.8. The molecule has 8 bridgehead atoms. The largest absolute Gasteiger partial charge is 0.261 e. The molecule has 2 heterocycles. The van der Waals surface area contributed by atoms with E-state index in [4.69, 9.17) is 9.97 Å². The molecule has 0 amide bonds. The smallest absolute Gasteiger partial charge is 0.0963 e. The summed E-state index contributed by atoms with van der Waals surface area (Å²) in [6.45, 7) is 15.9. The Morgan fingerprint density at radius 3 is 1.41 bits per heavy atom. The SMILES string of the molecule is C[Si](C)(C)C1=CC(C(P)(c2cnccn2)c2cnccn2)=C(CP(C23CC4CC(CC(C4)C2)C3)C23CC4CC(CC(C4)C2)C3)C1[Si](C)(C)C. The first-order valence-corrected chi connectivity index (χ1v) is 29.0. The Bertz CT molecular complexity index is 1510. The van der Waals surface area contributed by atoms with Crippen LogP contribution in [0.1, 0.15) is 88.4 Å². The standard InChI is InChI=1S/C41H60N4P2Si2/c1-48(2,3)35-17-34(41(46,36-24-42-7-9-44-36)37-25-43-8-10-45-37)33(38(35)49(4,5)6)26-47(39-18-27-11-28(19-39)13-29(12-27)20-39)40-21-30-14-31(22-40)16-32(15-30)23-40/h7-10,17,24-25,27-32,38H,11-16,18-23,26,46H2,1-6H3. The van der Waals surface area contributed by atoms with Gasteiger partial charge in [0.2, 0.25) is 0 Å². The fraction of sp³-hybridized carbons (Fsp3) is 0.707. The summed E-state index contributed by atoms with van der Waals surface area (Å²) < 4.78 is 0. The Morgan fingerprint density at radius 1 is 0.673 bits per heavy atom. The van der Waals surface area contributed by atoms with Crippen molar-refractivity contribution >= 4 is 33.3 Å². The highest BCUT2D eigenvalue weighted by atomic mass is 31.1. The fourth-order valence-electron chi connectivity index (χ4n) is 14.1. The Hall–Kier alpha value is -1.07. The van der Waals surface area contributed by atoms with Gasteiger partial charge >= 0.3 is 0 Å². The fourth-order valence-corrected chi connectivity index (χ4v) is 26.6. The van der Waals surface area contributed by atoms with Crippen LogP contribution < -0.4 is 0 Å². The van der Waals surface area contributed by atoms with Gasteiger partial charge in [0.05, 0.1) is 45.1 Å². The maximum absolute atomic E-state index is 5.08. The van der Waals surface area contributed by atoms with E-state index < -0.39 is 21.3 Å². The van der Waals surface area contributed by atoms with Crippen molar-refractivity contribution in [2.75, 3.05) is 6.16 Å². The highest BCUT2D eigenvalue weighted by Gasteiger charge is 2.63. The molecule has 0 N–H and O–H groups in total. The molecular weight excluding hydrogens is 667 g/mol. The third-order valence-corrected chi connectivity index (χ3v) is 24.7. The molecule has 8 saturated carbocycles. The molecule has 2 aromatic rings. The summed E-state index contributed by atoms with van der Waals surface area (Å²) in [6, 6.07) is 0. The predicted molar refractivity (Wildman–Crippen MR) is 214 cm³/mol. The van der Waals surface area contributed by atoms with Crippen LogP contribution in [-0.2, 0) is 5.16 Å². The van der Waals surface area contributed by atoms with Crippen LogP contribution in [0.3, 0.4) is 0 Å². The molecule has 2 unspecified atom stereocenters. The van der Waals surface area contributed by atoms with Gasteiger partial charge in [0.15, 0.2) is 0 Å². The minimum absolute atomic E-state index is 0.195. The van der Waals surface area contributed by atoms with Crippen LogP contribution in [0.2, 0.25) is 44.8 Å². The van der Waals surface area contributed by atoms with Crippen molar-refractivity contribution in [2.24, 2.45) is 35.5 Å². The number of nitrogens with zero attached hydrogens (tertiary/aromatic N) is 4. The molecule has 4 nitrogen and oxygen atoms in total. The van der Waals surface area contributed by atoms with Crippen molar-refractivity contribution < 1.29 is 0 Å². The zero-order valence-corrected chi connectivity index (χ0v) is 35.1. The van der Waals surface area contributed by atoms with Gasteiger partial charge in [-0.2, -0.15) is 0 Å². The maximum Gasteiger partial charge on any atom is 0.0963 e. The number of aromatic nitrogens is 4. The number of rotatable bonds is 9. The zero-order chi connectivity index (χ0) is 34.0. The third kappa shape index (κ3) is 5.53. The lowest BCUT2D eigenvalue weighted by Gasteiger charge is -2.68. The van der Waals surface area contributed by atoms with Gasteiger partial charge in [-0.05, 0) is 140 Å². The molecule has 0 spiro atoms. The lowest BCUT2D eigenvalue weighted by molar-refractivity contribution is 0.0187. The molecule has 8 fully saturated rings. The highest BCUT2D eigenvalue weighted by molar-refractivity contribution is 7.61. The van der Waals surface area contributed by atoms with Gasteiger partial charge in [0.25, 0.3) is 0 Å². The van der Waals surface area contributed by atoms with Crippen LogP contribution in [0.5, 0.6) is 0 Å². The number of hydrogen-bond acceptors (Lipinski definition) is 4. The summed E-state index contributed by atoms with van der Waals surface area (Å²) in [5.74, 6) is 6.03.